The minimum absolute atomic E-state index is 0.0174. The molecule has 7 nitrogen and oxygen atoms in total. The molecule has 0 saturated heterocycles. The van der Waals surface area contributed by atoms with Gasteiger partial charge in [0.2, 0.25) is 11.8 Å². The van der Waals surface area contributed by atoms with Crippen molar-refractivity contribution in [3.63, 3.8) is 0 Å². The first-order valence-electron chi connectivity index (χ1n) is 14.5. The van der Waals surface area contributed by atoms with Gasteiger partial charge in [0, 0.05) is 13.1 Å². The maximum absolute atomic E-state index is 14.1. The van der Waals surface area contributed by atoms with Crippen molar-refractivity contribution in [2.24, 2.45) is 0 Å². The molecule has 1 unspecified atom stereocenters. The second-order valence-corrected chi connectivity index (χ2v) is 12.7. The first-order chi connectivity index (χ1) is 20.0. The highest BCUT2D eigenvalue weighted by Crippen LogP contribution is 2.27. The number of carbonyl (C=O) groups is 2. The summed E-state index contributed by atoms with van der Waals surface area (Å²) in [6, 6.07) is 18.5. The number of hydrogen-bond acceptors (Lipinski definition) is 4. The number of unbranched alkanes of at least 4 members (excludes halogenated alkanes) is 1. The molecule has 0 aliphatic carbocycles. The number of sulfonamides is 1. The van der Waals surface area contributed by atoms with Crippen molar-refractivity contribution < 1.29 is 22.4 Å². The molecular weight excluding hydrogens is 553 g/mol. The van der Waals surface area contributed by atoms with Gasteiger partial charge in [0.15, 0.2) is 0 Å². The number of halogens is 1. The van der Waals surface area contributed by atoms with Gasteiger partial charge in [-0.15, -0.1) is 0 Å². The van der Waals surface area contributed by atoms with Crippen molar-refractivity contribution in [2.45, 2.75) is 77.3 Å². The van der Waals surface area contributed by atoms with E-state index in [2.05, 4.69) is 5.32 Å². The quantitative estimate of drug-likeness (QED) is 0.226. The molecule has 0 aliphatic heterocycles. The van der Waals surface area contributed by atoms with E-state index in [9.17, 15) is 22.4 Å². The molecule has 42 heavy (non-hydrogen) atoms. The lowest BCUT2D eigenvalue weighted by Crippen LogP contribution is -2.52. The molecule has 1 atom stereocenters. The van der Waals surface area contributed by atoms with Crippen LogP contribution in [0.25, 0.3) is 0 Å². The SMILES string of the molecule is CCCCNC(=O)C(CC)N(Cc1ccc(F)cc1)C(=O)CN(c1ccc(C(C)C)cc1)S(=O)(=O)c1ccc(C)cc1. The summed E-state index contributed by atoms with van der Waals surface area (Å²) in [6.45, 7) is 9.75. The van der Waals surface area contributed by atoms with Gasteiger partial charge in [-0.1, -0.05) is 76.1 Å². The van der Waals surface area contributed by atoms with Gasteiger partial charge in [-0.3, -0.25) is 13.9 Å². The Morgan fingerprint density at radius 3 is 2.07 bits per heavy atom. The normalized spacial score (nSPS) is 12.2. The summed E-state index contributed by atoms with van der Waals surface area (Å²) in [4.78, 5) is 28.8. The zero-order valence-electron chi connectivity index (χ0n) is 25.1. The average molecular weight is 596 g/mol. The lowest BCUT2D eigenvalue weighted by molar-refractivity contribution is -0.140. The fraction of sp³-hybridized carbons (Fsp3) is 0.394. The predicted molar refractivity (Wildman–Crippen MR) is 165 cm³/mol. The number of anilines is 1. The first-order valence-corrected chi connectivity index (χ1v) is 15.9. The van der Waals surface area contributed by atoms with Gasteiger partial charge in [0.25, 0.3) is 10.0 Å². The third kappa shape index (κ3) is 8.41. The Kier molecular flexibility index (Phi) is 11.7. The molecule has 0 saturated carbocycles. The molecule has 0 radical (unpaired) electrons. The van der Waals surface area contributed by atoms with Crippen molar-refractivity contribution >= 4 is 27.5 Å². The third-order valence-corrected chi connectivity index (χ3v) is 9.01. The number of hydrogen-bond donors (Lipinski definition) is 1. The maximum Gasteiger partial charge on any atom is 0.264 e. The first kappa shape index (κ1) is 32.8. The monoisotopic (exact) mass is 595 g/mol. The molecular formula is C33H42FN3O4S. The zero-order valence-corrected chi connectivity index (χ0v) is 26.0. The predicted octanol–water partition coefficient (Wildman–Crippen LogP) is 6.18. The van der Waals surface area contributed by atoms with Crippen LogP contribution < -0.4 is 9.62 Å². The van der Waals surface area contributed by atoms with E-state index < -0.39 is 34.3 Å². The number of amides is 2. The lowest BCUT2D eigenvalue weighted by Gasteiger charge is -2.33. The van der Waals surface area contributed by atoms with Crippen LogP contribution in [0.3, 0.4) is 0 Å². The van der Waals surface area contributed by atoms with E-state index >= 15 is 0 Å². The Balaban J connectivity index is 2.04. The summed E-state index contributed by atoms with van der Waals surface area (Å²) < 4.78 is 42.7. The number of nitrogens with one attached hydrogen (secondary N) is 1. The summed E-state index contributed by atoms with van der Waals surface area (Å²) >= 11 is 0. The van der Waals surface area contributed by atoms with Crippen LogP contribution in [-0.2, 0) is 26.2 Å². The van der Waals surface area contributed by atoms with E-state index in [0.717, 1.165) is 28.3 Å². The average Bonchev–Trinajstić information content (AvgIpc) is 2.97. The largest absolute Gasteiger partial charge is 0.354 e. The molecule has 2 amide bonds. The number of carbonyl (C=O) groups excluding carboxylic acids is 2. The van der Waals surface area contributed by atoms with Crippen LogP contribution in [0.2, 0.25) is 0 Å². The molecule has 1 N–H and O–H groups in total. The minimum Gasteiger partial charge on any atom is -0.354 e. The Bertz CT molecular complexity index is 1420. The zero-order chi connectivity index (χ0) is 30.9. The van der Waals surface area contributed by atoms with Gasteiger partial charge in [0.05, 0.1) is 10.6 Å². The van der Waals surface area contributed by atoms with Crippen LogP contribution in [0.4, 0.5) is 10.1 Å². The van der Waals surface area contributed by atoms with Gasteiger partial charge in [-0.2, -0.15) is 0 Å². The summed E-state index contributed by atoms with van der Waals surface area (Å²) in [6.07, 6.45) is 2.01. The second kappa shape index (κ2) is 15.0. The Morgan fingerprint density at radius 1 is 0.905 bits per heavy atom. The number of benzene rings is 3. The summed E-state index contributed by atoms with van der Waals surface area (Å²) in [7, 11) is -4.15. The van der Waals surface area contributed by atoms with E-state index in [1.165, 1.54) is 29.2 Å². The number of nitrogens with zero attached hydrogens (tertiary/aromatic N) is 2. The molecule has 3 aromatic carbocycles. The molecule has 9 heteroatoms. The van der Waals surface area contributed by atoms with E-state index in [1.54, 1.807) is 43.3 Å². The van der Waals surface area contributed by atoms with Gasteiger partial charge >= 0.3 is 0 Å². The van der Waals surface area contributed by atoms with Gasteiger partial charge in [-0.25, -0.2) is 12.8 Å². The van der Waals surface area contributed by atoms with Crippen LogP contribution in [-0.4, -0.2) is 44.3 Å². The third-order valence-electron chi connectivity index (χ3n) is 7.22. The minimum atomic E-state index is -4.15. The van der Waals surface area contributed by atoms with E-state index in [0.29, 0.717) is 24.2 Å². The smallest absolute Gasteiger partial charge is 0.264 e. The molecule has 3 rings (SSSR count). The van der Waals surface area contributed by atoms with Crippen LogP contribution in [0.1, 0.15) is 69.6 Å². The van der Waals surface area contributed by atoms with Gasteiger partial charge in [-0.05, 0) is 73.2 Å². The number of rotatable bonds is 14. The van der Waals surface area contributed by atoms with Gasteiger partial charge in [0.1, 0.15) is 18.4 Å². The molecule has 226 valence electrons. The van der Waals surface area contributed by atoms with E-state index in [1.807, 2.05) is 39.8 Å². The summed E-state index contributed by atoms with van der Waals surface area (Å²) in [5, 5.41) is 2.90. The van der Waals surface area contributed by atoms with E-state index in [-0.39, 0.29) is 23.3 Å². The molecule has 0 heterocycles. The number of aryl methyl sites for hydroxylation is 1. The van der Waals surface area contributed by atoms with Crippen LogP contribution in [0.15, 0.2) is 77.7 Å². The topological polar surface area (TPSA) is 86.8 Å². The molecule has 0 aromatic heterocycles. The maximum atomic E-state index is 14.1. The van der Waals surface area contributed by atoms with Crippen molar-refractivity contribution in [3.05, 3.63) is 95.3 Å². The van der Waals surface area contributed by atoms with Crippen molar-refractivity contribution in [2.75, 3.05) is 17.4 Å². The molecule has 0 fully saturated rings. The Morgan fingerprint density at radius 2 is 1.52 bits per heavy atom. The fourth-order valence-corrected chi connectivity index (χ4v) is 6.02. The molecule has 0 aliphatic rings. The molecule has 0 bridgehead atoms. The Hall–Kier alpha value is -3.72. The Labute approximate surface area is 249 Å². The lowest BCUT2D eigenvalue weighted by atomic mass is 10.0. The molecule has 3 aromatic rings. The highest BCUT2D eigenvalue weighted by molar-refractivity contribution is 7.92. The second-order valence-electron chi connectivity index (χ2n) is 10.8. The van der Waals surface area contributed by atoms with Crippen LogP contribution in [0.5, 0.6) is 0 Å². The van der Waals surface area contributed by atoms with Gasteiger partial charge < -0.3 is 10.2 Å². The standard InChI is InChI=1S/C33H42FN3O4S/c1-6-8-21-35-33(39)31(7-2)36(22-26-11-15-28(34)16-12-26)32(38)23-37(29-17-13-27(14-18-29)24(3)4)42(40,41)30-19-9-25(5)10-20-30/h9-20,24,31H,6-8,21-23H2,1-5H3,(H,35,39). The van der Waals surface area contributed by atoms with Crippen molar-refractivity contribution in [1.29, 1.82) is 0 Å². The van der Waals surface area contributed by atoms with Crippen molar-refractivity contribution in [1.82, 2.24) is 10.2 Å². The van der Waals surface area contributed by atoms with Crippen LogP contribution in [0, 0.1) is 12.7 Å². The van der Waals surface area contributed by atoms with E-state index in [4.69, 9.17) is 0 Å². The summed E-state index contributed by atoms with van der Waals surface area (Å²) in [5.74, 6) is -1.03. The van der Waals surface area contributed by atoms with Crippen LogP contribution >= 0.6 is 0 Å². The van der Waals surface area contributed by atoms with Crippen molar-refractivity contribution in [3.8, 4) is 0 Å². The summed E-state index contributed by atoms with van der Waals surface area (Å²) in [5.41, 5.74) is 2.91. The fourth-order valence-electron chi connectivity index (χ4n) is 4.60. The molecule has 0 spiro atoms. The highest BCUT2D eigenvalue weighted by atomic mass is 32.2. The highest BCUT2D eigenvalue weighted by Gasteiger charge is 2.33.